The molecule has 0 radical (unpaired) electrons. The summed E-state index contributed by atoms with van der Waals surface area (Å²) in [7, 11) is -4.30. The van der Waals surface area contributed by atoms with Gasteiger partial charge in [0.05, 0.1) is 11.8 Å². The molecule has 0 unspecified atom stereocenters. The van der Waals surface area contributed by atoms with Crippen molar-refractivity contribution in [1.29, 1.82) is 0 Å². The van der Waals surface area contributed by atoms with Gasteiger partial charge >= 0.3 is 16.2 Å². The van der Waals surface area contributed by atoms with Crippen molar-refractivity contribution < 1.29 is 32.9 Å². The van der Waals surface area contributed by atoms with Crippen LogP contribution in [0, 0.1) is 5.82 Å². The van der Waals surface area contributed by atoms with Crippen LogP contribution in [-0.2, 0) is 10.2 Å². The summed E-state index contributed by atoms with van der Waals surface area (Å²) < 4.78 is 41.6. The number of nitrogens with one attached hydrogen (secondary N) is 1. The number of phenols is 1. The summed E-state index contributed by atoms with van der Waals surface area (Å²) in [5, 5.41) is 29.1. The molecule has 1 aliphatic rings. The number of aliphatic hydroxyl groups is 1. The normalized spacial score (nSPS) is 15.2. The molecule has 0 amide bonds. The van der Waals surface area contributed by atoms with Crippen LogP contribution in [0.4, 0.5) is 10.1 Å². The van der Waals surface area contributed by atoms with Crippen molar-refractivity contribution in [3.05, 3.63) is 72.0 Å². The Morgan fingerprint density at radius 2 is 1.76 bits per heavy atom. The largest absolute Gasteiger partial charge is 0.506 e. The van der Waals surface area contributed by atoms with Crippen LogP contribution < -0.4 is 9.03 Å². The van der Waals surface area contributed by atoms with Gasteiger partial charge < -0.3 is 15.3 Å². The Hall–Kier alpha value is -3.79. The van der Waals surface area contributed by atoms with E-state index in [1.165, 1.54) is 30.3 Å². The fraction of sp³-hybridized carbons (Fsp3) is 0. The second-order valence-electron chi connectivity index (χ2n) is 6.30. The summed E-state index contributed by atoms with van der Waals surface area (Å²) in [6.07, 6.45) is 0.736. The number of carbonyl (C=O) groups is 1. The van der Waals surface area contributed by atoms with Crippen molar-refractivity contribution in [3.63, 3.8) is 0 Å². The Morgan fingerprint density at radius 1 is 1.03 bits per heavy atom. The van der Waals surface area contributed by atoms with Gasteiger partial charge in [-0.3, -0.25) is 0 Å². The van der Waals surface area contributed by atoms with E-state index >= 15 is 4.39 Å². The summed E-state index contributed by atoms with van der Waals surface area (Å²) in [6, 6.07) is 11.8. The van der Waals surface area contributed by atoms with Crippen LogP contribution in [0.5, 0.6) is 5.75 Å². The zero-order chi connectivity index (χ0) is 20.9. The number of halogens is 1. The molecule has 1 aliphatic heterocycles. The average Bonchev–Trinajstić information content (AvgIpc) is 2.93. The molecule has 0 saturated carbocycles. The van der Waals surface area contributed by atoms with Gasteiger partial charge in [-0.1, -0.05) is 24.3 Å². The number of aromatic hydroxyl groups is 1. The number of anilines is 1. The number of aromatic carboxylic acids is 1. The van der Waals surface area contributed by atoms with Gasteiger partial charge in [-0.2, -0.15) is 8.42 Å². The summed E-state index contributed by atoms with van der Waals surface area (Å²) in [6.45, 7) is 0. The van der Waals surface area contributed by atoms with Gasteiger partial charge in [0.1, 0.15) is 11.4 Å². The lowest BCUT2D eigenvalue weighted by atomic mass is 9.99. The molecule has 3 aromatic rings. The first kappa shape index (κ1) is 18.6. The van der Waals surface area contributed by atoms with Crippen molar-refractivity contribution in [3.8, 4) is 16.9 Å². The number of fused-ring (bicyclic) bond motifs is 1. The smallest absolute Gasteiger partial charge is 0.335 e. The van der Waals surface area contributed by atoms with Gasteiger partial charge in [0.15, 0.2) is 5.82 Å². The quantitative estimate of drug-likeness (QED) is 0.520. The number of carboxylic acid groups (broad SMARTS) is 1. The summed E-state index contributed by atoms with van der Waals surface area (Å²) in [5.41, 5.74) is 0.431. The number of hydrogen-bond donors (Lipinski definition) is 4. The highest BCUT2D eigenvalue weighted by Crippen LogP contribution is 2.40. The minimum atomic E-state index is -4.30. The van der Waals surface area contributed by atoms with Gasteiger partial charge in [0.2, 0.25) is 5.88 Å². The molecule has 148 valence electrons. The van der Waals surface area contributed by atoms with Crippen molar-refractivity contribution >= 4 is 32.6 Å². The summed E-state index contributed by atoms with van der Waals surface area (Å²) in [5.74, 6) is -3.48. The minimum absolute atomic E-state index is 0.00557. The lowest BCUT2D eigenvalue weighted by Gasteiger charge is -2.18. The molecular formula is C19H13FN2O6S. The van der Waals surface area contributed by atoms with Crippen molar-refractivity contribution in [1.82, 2.24) is 4.72 Å². The molecule has 8 nitrogen and oxygen atoms in total. The lowest BCUT2D eigenvalue weighted by Crippen LogP contribution is -2.30. The van der Waals surface area contributed by atoms with E-state index in [0.29, 0.717) is 20.8 Å². The number of phenolic OH excluding ortho intramolecular Hbond substituents is 1. The first-order chi connectivity index (χ1) is 13.7. The molecule has 0 spiro atoms. The highest BCUT2D eigenvalue weighted by molar-refractivity contribution is 7.91. The van der Waals surface area contributed by atoms with Gasteiger partial charge in [-0.25, -0.2) is 18.2 Å². The molecule has 0 atom stereocenters. The topological polar surface area (TPSA) is 127 Å². The van der Waals surface area contributed by atoms with E-state index in [9.17, 15) is 23.4 Å². The Morgan fingerprint density at radius 3 is 2.41 bits per heavy atom. The SMILES string of the molecule is O=C(O)c1cccc(-c2ccc3cc(O)c(N4C=C(O)NS4(=O)=O)c(F)c3c2)c1. The zero-order valence-electron chi connectivity index (χ0n) is 14.5. The fourth-order valence-corrected chi connectivity index (χ4v) is 4.19. The van der Waals surface area contributed by atoms with Crippen molar-refractivity contribution in [2.75, 3.05) is 4.31 Å². The molecule has 10 heteroatoms. The molecule has 4 rings (SSSR count). The van der Waals surface area contributed by atoms with Crippen LogP contribution in [0.2, 0.25) is 0 Å². The molecular weight excluding hydrogens is 403 g/mol. The Balaban J connectivity index is 1.92. The predicted molar refractivity (Wildman–Crippen MR) is 103 cm³/mol. The van der Waals surface area contributed by atoms with Gasteiger partial charge in [0.25, 0.3) is 0 Å². The first-order valence-electron chi connectivity index (χ1n) is 8.19. The van der Waals surface area contributed by atoms with Crippen LogP contribution in [0.1, 0.15) is 10.4 Å². The number of nitrogens with zero attached hydrogens (tertiary/aromatic N) is 1. The molecule has 29 heavy (non-hydrogen) atoms. The van der Waals surface area contributed by atoms with E-state index in [1.807, 2.05) is 0 Å². The minimum Gasteiger partial charge on any atom is -0.506 e. The maximum absolute atomic E-state index is 15.3. The van der Waals surface area contributed by atoms with Crippen LogP contribution in [0.15, 0.2) is 60.6 Å². The van der Waals surface area contributed by atoms with E-state index in [4.69, 9.17) is 5.11 Å². The number of aliphatic hydroxyl groups excluding tert-OH is 1. The predicted octanol–water partition coefficient (Wildman–Crippen LogP) is 3.06. The highest BCUT2D eigenvalue weighted by atomic mass is 32.2. The Labute approximate surface area is 163 Å². The zero-order valence-corrected chi connectivity index (χ0v) is 15.3. The van der Waals surface area contributed by atoms with E-state index in [-0.39, 0.29) is 10.9 Å². The monoisotopic (exact) mass is 416 g/mol. The second kappa shape index (κ2) is 6.38. The maximum atomic E-state index is 15.3. The average molecular weight is 416 g/mol. The molecule has 0 fully saturated rings. The number of carboxylic acids is 1. The van der Waals surface area contributed by atoms with E-state index in [0.717, 1.165) is 6.20 Å². The third kappa shape index (κ3) is 3.09. The van der Waals surface area contributed by atoms with Crippen LogP contribution in [0.3, 0.4) is 0 Å². The highest BCUT2D eigenvalue weighted by Gasteiger charge is 2.33. The second-order valence-corrected chi connectivity index (χ2v) is 7.85. The maximum Gasteiger partial charge on any atom is 0.335 e. The standard InChI is InChI=1S/C19H13FN2O6S/c20-17-14-7-11(10-2-1-3-13(6-10)19(25)26)4-5-12(14)8-15(23)18(17)22-9-16(24)21-29(22,27)28/h1-9,21,23-24H,(H,25,26). The molecule has 0 aromatic heterocycles. The van der Waals surface area contributed by atoms with Gasteiger partial charge in [0, 0.05) is 5.39 Å². The van der Waals surface area contributed by atoms with Crippen LogP contribution in [0.25, 0.3) is 21.9 Å². The number of rotatable bonds is 3. The van der Waals surface area contributed by atoms with Crippen molar-refractivity contribution in [2.24, 2.45) is 0 Å². The Bertz CT molecular complexity index is 1320. The molecule has 3 aromatic carbocycles. The van der Waals surface area contributed by atoms with E-state index in [2.05, 4.69) is 0 Å². The van der Waals surface area contributed by atoms with E-state index < -0.39 is 39.3 Å². The summed E-state index contributed by atoms with van der Waals surface area (Å²) >= 11 is 0. The molecule has 0 saturated heterocycles. The summed E-state index contributed by atoms with van der Waals surface area (Å²) in [4.78, 5) is 11.2. The number of benzene rings is 3. The molecule has 1 heterocycles. The van der Waals surface area contributed by atoms with E-state index in [1.54, 1.807) is 22.9 Å². The molecule has 0 bridgehead atoms. The Kier molecular flexibility index (Phi) is 4.09. The van der Waals surface area contributed by atoms with Gasteiger partial charge in [-0.05, 0) is 40.8 Å². The molecule has 0 aliphatic carbocycles. The van der Waals surface area contributed by atoms with Crippen LogP contribution >= 0.6 is 0 Å². The molecule has 4 N–H and O–H groups in total. The van der Waals surface area contributed by atoms with Crippen LogP contribution in [-0.4, -0.2) is 29.7 Å². The van der Waals surface area contributed by atoms with Crippen molar-refractivity contribution in [2.45, 2.75) is 0 Å². The fourth-order valence-electron chi connectivity index (χ4n) is 3.12. The number of hydrogen-bond acceptors (Lipinski definition) is 5. The lowest BCUT2D eigenvalue weighted by molar-refractivity contribution is 0.0697. The first-order valence-corrected chi connectivity index (χ1v) is 9.63. The third-order valence-corrected chi connectivity index (χ3v) is 5.70. The third-order valence-electron chi connectivity index (χ3n) is 4.43. The van der Waals surface area contributed by atoms with Gasteiger partial charge in [-0.15, -0.1) is 0 Å².